The number of rotatable bonds is 8. The van der Waals surface area contributed by atoms with Gasteiger partial charge in [0.05, 0.1) is 30.4 Å². The number of ether oxygens (including phenoxy) is 1. The molecule has 8 heteroatoms. The Hall–Kier alpha value is -3.52. The zero-order valence-electron chi connectivity index (χ0n) is 17.2. The largest absolute Gasteiger partial charge is 0.497 e. The molecule has 0 saturated carbocycles. The van der Waals surface area contributed by atoms with E-state index < -0.39 is 0 Å². The summed E-state index contributed by atoms with van der Waals surface area (Å²) in [6.07, 6.45) is 1.63. The SMILES string of the molecule is COc1ccc(-n2c(SCC(=O)NCc3ccccc3)nnc2-c2ccoc2C)cc1. The van der Waals surface area contributed by atoms with Crippen LogP contribution < -0.4 is 10.1 Å². The summed E-state index contributed by atoms with van der Waals surface area (Å²) in [5.41, 5.74) is 2.78. The van der Waals surface area contributed by atoms with Crippen molar-refractivity contribution in [3.63, 3.8) is 0 Å². The maximum Gasteiger partial charge on any atom is 0.230 e. The molecule has 7 nitrogen and oxygen atoms in total. The molecule has 0 unspecified atom stereocenters. The molecular formula is C23H22N4O3S. The number of nitrogens with zero attached hydrogens (tertiary/aromatic N) is 3. The van der Waals surface area contributed by atoms with E-state index >= 15 is 0 Å². The van der Waals surface area contributed by atoms with Crippen LogP contribution in [0.2, 0.25) is 0 Å². The van der Waals surface area contributed by atoms with E-state index in [0.29, 0.717) is 17.5 Å². The van der Waals surface area contributed by atoms with Gasteiger partial charge in [-0.3, -0.25) is 9.36 Å². The van der Waals surface area contributed by atoms with Crippen molar-refractivity contribution >= 4 is 17.7 Å². The molecule has 2 heterocycles. The molecule has 31 heavy (non-hydrogen) atoms. The Morgan fingerprint density at radius 2 is 1.87 bits per heavy atom. The highest BCUT2D eigenvalue weighted by molar-refractivity contribution is 7.99. The second-order valence-corrected chi connectivity index (χ2v) is 7.72. The molecule has 0 atom stereocenters. The number of aromatic nitrogens is 3. The number of amides is 1. The van der Waals surface area contributed by atoms with Gasteiger partial charge in [-0.15, -0.1) is 10.2 Å². The summed E-state index contributed by atoms with van der Waals surface area (Å²) >= 11 is 1.33. The minimum absolute atomic E-state index is 0.0702. The van der Waals surface area contributed by atoms with Gasteiger partial charge in [0.2, 0.25) is 5.91 Å². The van der Waals surface area contributed by atoms with Crippen LogP contribution in [0.4, 0.5) is 0 Å². The average Bonchev–Trinajstić information content (AvgIpc) is 3.42. The third-order valence-corrected chi connectivity index (χ3v) is 5.66. The third kappa shape index (κ3) is 4.80. The highest BCUT2D eigenvalue weighted by Crippen LogP contribution is 2.30. The van der Waals surface area contributed by atoms with Crippen molar-refractivity contribution in [1.82, 2.24) is 20.1 Å². The number of thioether (sulfide) groups is 1. The van der Waals surface area contributed by atoms with Crippen LogP contribution in [-0.4, -0.2) is 33.5 Å². The normalized spacial score (nSPS) is 10.8. The van der Waals surface area contributed by atoms with Crippen LogP contribution >= 0.6 is 11.8 Å². The quantitative estimate of drug-likeness (QED) is 0.418. The van der Waals surface area contributed by atoms with Gasteiger partial charge in [0, 0.05) is 6.54 Å². The average molecular weight is 435 g/mol. The number of methoxy groups -OCH3 is 1. The molecule has 4 aromatic rings. The molecule has 4 rings (SSSR count). The lowest BCUT2D eigenvalue weighted by Crippen LogP contribution is -2.24. The van der Waals surface area contributed by atoms with Crippen LogP contribution in [0.5, 0.6) is 5.75 Å². The second kappa shape index (κ2) is 9.53. The first kappa shape index (κ1) is 20.7. The molecule has 158 valence electrons. The lowest BCUT2D eigenvalue weighted by molar-refractivity contribution is -0.118. The van der Waals surface area contributed by atoms with E-state index in [-0.39, 0.29) is 11.7 Å². The van der Waals surface area contributed by atoms with Crippen LogP contribution in [0.15, 0.2) is 76.5 Å². The topological polar surface area (TPSA) is 82.2 Å². The minimum atomic E-state index is -0.0702. The zero-order chi connectivity index (χ0) is 21.6. The number of hydrogen-bond acceptors (Lipinski definition) is 6. The zero-order valence-corrected chi connectivity index (χ0v) is 18.1. The van der Waals surface area contributed by atoms with Crippen molar-refractivity contribution in [2.24, 2.45) is 0 Å². The molecule has 1 amide bonds. The summed E-state index contributed by atoms with van der Waals surface area (Å²) in [5, 5.41) is 12.3. The molecule has 2 aromatic heterocycles. The second-order valence-electron chi connectivity index (χ2n) is 6.78. The van der Waals surface area contributed by atoms with Crippen molar-refractivity contribution in [1.29, 1.82) is 0 Å². The Balaban J connectivity index is 1.55. The summed E-state index contributed by atoms with van der Waals surface area (Å²) in [6.45, 7) is 2.37. The number of carbonyl (C=O) groups is 1. The van der Waals surface area contributed by atoms with Crippen LogP contribution in [0.3, 0.4) is 0 Å². The van der Waals surface area contributed by atoms with Gasteiger partial charge < -0.3 is 14.5 Å². The summed E-state index contributed by atoms with van der Waals surface area (Å²) < 4.78 is 12.6. The van der Waals surface area contributed by atoms with Crippen molar-refractivity contribution in [2.45, 2.75) is 18.6 Å². The van der Waals surface area contributed by atoms with Gasteiger partial charge in [-0.05, 0) is 42.8 Å². The van der Waals surface area contributed by atoms with Gasteiger partial charge in [0.1, 0.15) is 11.5 Å². The van der Waals surface area contributed by atoms with Gasteiger partial charge in [0.25, 0.3) is 0 Å². The lowest BCUT2D eigenvalue weighted by Gasteiger charge is -2.11. The summed E-state index contributed by atoms with van der Waals surface area (Å²) in [5.74, 6) is 2.32. The van der Waals surface area contributed by atoms with Crippen molar-refractivity contribution < 1.29 is 13.9 Å². The number of aryl methyl sites for hydroxylation is 1. The molecule has 0 spiro atoms. The predicted molar refractivity (Wildman–Crippen MR) is 119 cm³/mol. The predicted octanol–water partition coefficient (Wildman–Crippen LogP) is 4.25. The van der Waals surface area contributed by atoms with Crippen LogP contribution in [0.1, 0.15) is 11.3 Å². The maximum atomic E-state index is 12.4. The van der Waals surface area contributed by atoms with Gasteiger partial charge in [-0.2, -0.15) is 0 Å². The van der Waals surface area contributed by atoms with Crippen LogP contribution in [0, 0.1) is 6.92 Å². The Morgan fingerprint density at radius 3 is 2.55 bits per heavy atom. The van der Waals surface area contributed by atoms with E-state index in [2.05, 4.69) is 15.5 Å². The molecule has 2 aromatic carbocycles. The summed E-state index contributed by atoms with van der Waals surface area (Å²) in [4.78, 5) is 12.4. The summed E-state index contributed by atoms with van der Waals surface area (Å²) in [7, 11) is 1.63. The monoisotopic (exact) mass is 434 g/mol. The first-order valence-electron chi connectivity index (χ1n) is 9.73. The first-order chi connectivity index (χ1) is 15.2. The third-order valence-electron chi connectivity index (χ3n) is 4.73. The van der Waals surface area contributed by atoms with Gasteiger partial charge in [0.15, 0.2) is 11.0 Å². The Morgan fingerprint density at radius 1 is 1.10 bits per heavy atom. The molecule has 0 bridgehead atoms. The molecule has 0 aliphatic carbocycles. The van der Waals surface area contributed by atoms with Crippen molar-refractivity contribution in [3.05, 3.63) is 78.3 Å². The number of carbonyl (C=O) groups excluding carboxylic acids is 1. The molecule has 0 aliphatic rings. The lowest BCUT2D eigenvalue weighted by atomic mass is 10.2. The van der Waals surface area contributed by atoms with E-state index in [4.69, 9.17) is 9.15 Å². The number of benzene rings is 2. The number of nitrogens with one attached hydrogen (secondary N) is 1. The Kier molecular flexibility index (Phi) is 6.37. The molecular weight excluding hydrogens is 412 g/mol. The minimum Gasteiger partial charge on any atom is -0.497 e. The van der Waals surface area contributed by atoms with E-state index in [1.165, 1.54) is 11.8 Å². The molecule has 0 saturated heterocycles. The van der Waals surface area contributed by atoms with Gasteiger partial charge in [-0.1, -0.05) is 42.1 Å². The van der Waals surface area contributed by atoms with E-state index in [1.807, 2.05) is 72.2 Å². The highest BCUT2D eigenvalue weighted by Gasteiger charge is 2.19. The Labute approximate surface area is 184 Å². The number of furan rings is 1. The molecule has 1 N–H and O–H groups in total. The summed E-state index contributed by atoms with van der Waals surface area (Å²) in [6, 6.07) is 19.3. The fourth-order valence-corrected chi connectivity index (χ4v) is 3.88. The van der Waals surface area contributed by atoms with Gasteiger partial charge >= 0.3 is 0 Å². The van der Waals surface area contributed by atoms with Crippen LogP contribution in [0.25, 0.3) is 17.1 Å². The van der Waals surface area contributed by atoms with Crippen LogP contribution in [-0.2, 0) is 11.3 Å². The van der Waals surface area contributed by atoms with E-state index in [9.17, 15) is 4.79 Å². The molecule has 0 fully saturated rings. The van der Waals surface area contributed by atoms with E-state index in [1.54, 1.807) is 13.4 Å². The maximum absolute atomic E-state index is 12.4. The molecule has 0 radical (unpaired) electrons. The fraction of sp³-hybridized carbons (Fsp3) is 0.174. The van der Waals surface area contributed by atoms with Crippen molar-refractivity contribution in [2.75, 3.05) is 12.9 Å². The smallest absolute Gasteiger partial charge is 0.230 e. The van der Waals surface area contributed by atoms with Gasteiger partial charge in [-0.25, -0.2) is 0 Å². The number of hydrogen-bond donors (Lipinski definition) is 1. The van der Waals surface area contributed by atoms with E-state index in [0.717, 1.165) is 28.3 Å². The standard InChI is InChI=1S/C23H22N4O3S/c1-16-20(12-13-30-16)22-25-26-23(27(22)18-8-10-19(29-2)11-9-18)31-15-21(28)24-14-17-6-4-3-5-7-17/h3-13H,14-15H2,1-2H3,(H,24,28). The molecule has 0 aliphatic heterocycles. The fourth-order valence-electron chi connectivity index (χ4n) is 3.10. The first-order valence-corrected chi connectivity index (χ1v) is 10.7. The Bertz CT molecular complexity index is 1150. The highest BCUT2D eigenvalue weighted by atomic mass is 32.2. The van der Waals surface area contributed by atoms with Crippen molar-refractivity contribution in [3.8, 4) is 22.8 Å².